The highest BCUT2D eigenvalue weighted by Gasteiger charge is 2.17. The maximum Gasteiger partial charge on any atom is 0.265 e. The fraction of sp³-hybridized carbons (Fsp3) is 0.278. The third kappa shape index (κ3) is 3.80. The second-order valence-electron chi connectivity index (χ2n) is 5.41. The number of halogens is 1. The molecule has 0 aliphatic heterocycles. The number of hydrogen-bond donors (Lipinski definition) is 1. The van der Waals surface area contributed by atoms with Crippen LogP contribution in [0.1, 0.15) is 23.6 Å². The molecule has 0 saturated carbocycles. The van der Waals surface area contributed by atoms with Gasteiger partial charge in [-0.3, -0.25) is 4.79 Å². The quantitative estimate of drug-likeness (QED) is 0.889. The summed E-state index contributed by atoms with van der Waals surface area (Å²) < 4.78 is 5.79. The standard InChI is InChI=1S/C18H20ClNO2/c1-11-6-5-7-17(13(11)3)22-14(4)18(21)20-16-9-8-15(19)10-12(16)2/h5-10,14H,1-4H3,(H,20,21). The van der Waals surface area contributed by atoms with Gasteiger partial charge in [0, 0.05) is 10.7 Å². The van der Waals surface area contributed by atoms with Gasteiger partial charge in [0.2, 0.25) is 0 Å². The van der Waals surface area contributed by atoms with Gasteiger partial charge in [0.15, 0.2) is 6.10 Å². The number of aryl methyl sites for hydroxylation is 2. The smallest absolute Gasteiger partial charge is 0.265 e. The SMILES string of the molecule is Cc1cc(Cl)ccc1NC(=O)C(C)Oc1cccc(C)c1C. The highest BCUT2D eigenvalue weighted by atomic mass is 35.5. The number of carbonyl (C=O) groups is 1. The van der Waals surface area contributed by atoms with Crippen molar-refractivity contribution in [1.82, 2.24) is 0 Å². The Bertz CT molecular complexity index is 697. The van der Waals surface area contributed by atoms with Crippen LogP contribution in [0.25, 0.3) is 0 Å². The van der Waals surface area contributed by atoms with Gasteiger partial charge in [-0.25, -0.2) is 0 Å². The Morgan fingerprint density at radius 3 is 2.55 bits per heavy atom. The number of hydrogen-bond acceptors (Lipinski definition) is 2. The van der Waals surface area contributed by atoms with Crippen LogP contribution >= 0.6 is 11.6 Å². The molecule has 0 aromatic heterocycles. The van der Waals surface area contributed by atoms with Gasteiger partial charge in [-0.1, -0.05) is 23.7 Å². The minimum absolute atomic E-state index is 0.189. The van der Waals surface area contributed by atoms with E-state index in [2.05, 4.69) is 5.32 Å². The molecular formula is C18H20ClNO2. The van der Waals surface area contributed by atoms with Gasteiger partial charge in [0.1, 0.15) is 5.75 Å². The number of amides is 1. The van der Waals surface area contributed by atoms with Gasteiger partial charge in [-0.2, -0.15) is 0 Å². The molecule has 3 nitrogen and oxygen atoms in total. The fourth-order valence-corrected chi connectivity index (χ4v) is 2.32. The van der Waals surface area contributed by atoms with Crippen LogP contribution in [0.2, 0.25) is 5.02 Å². The van der Waals surface area contributed by atoms with Crippen LogP contribution in [0.15, 0.2) is 36.4 Å². The van der Waals surface area contributed by atoms with Gasteiger partial charge in [-0.15, -0.1) is 0 Å². The second-order valence-corrected chi connectivity index (χ2v) is 5.84. The molecule has 1 N–H and O–H groups in total. The largest absolute Gasteiger partial charge is 0.481 e. The minimum atomic E-state index is -0.587. The summed E-state index contributed by atoms with van der Waals surface area (Å²) in [6, 6.07) is 11.2. The third-order valence-corrected chi connectivity index (χ3v) is 3.91. The first-order valence-corrected chi connectivity index (χ1v) is 7.56. The van der Waals surface area contributed by atoms with Crippen molar-refractivity contribution in [3.63, 3.8) is 0 Å². The maximum atomic E-state index is 12.3. The van der Waals surface area contributed by atoms with Gasteiger partial charge in [0.05, 0.1) is 0 Å². The molecule has 2 aromatic carbocycles. The number of carbonyl (C=O) groups excluding carboxylic acids is 1. The van der Waals surface area contributed by atoms with Crippen LogP contribution in [0.4, 0.5) is 5.69 Å². The van der Waals surface area contributed by atoms with Gasteiger partial charge in [0.25, 0.3) is 5.91 Å². The minimum Gasteiger partial charge on any atom is -0.481 e. The highest BCUT2D eigenvalue weighted by Crippen LogP contribution is 2.23. The summed E-state index contributed by atoms with van der Waals surface area (Å²) in [4.78, 5) is 12.3. The zero-order valence-corrected chi connectivity index (χ0v) is 14.0. The molecule has 1 atom stereocenters. The Hall–Kier alpha value is -2.00. The van der Waals surface area contributed by atoms with Crippen molar-refractivity contribution in [2.75, 3.05) is 5.32 Å². The zero-order chi connectivity index (χ0) is 16.3. The third-order valence-electron chi connectivity index (χ3n) is 3.67. The molecule has 0 bridgehead atoms. The molecule has 2 rings (SSSR count). The van der Waals surface area contributed by atoms with Crippen molar-refractivity contribution in [2.45, 2.75) is 33.8 Å². The van der Waals surface area contributed by atoms with E-state index in [-0.39, 0.29) is 5.91 Å². The van der Waals surface area contributed by atoms with Crippen LogP contribution in [-0.4, -0.2) is 12.0 Å². The monoisotopic (exact) mass is 317 g/mol. The van der Waals surface area contributed by atoms with Crippen LogP contribution in [0, 0.1) is 20.8 Å². The fourth-order valence-electron chi connectivity index (χ4n) is 2.10. The van der Waals surface area contributed by atoms with Crippen molar-refractivity contribution in [3.8, 4) is 5.75 Å². The summed E-state index contributed by atoms with van der Waals surface area (Å²) in [7, 11) is 0. The Balaban J connectivity index is 2.07. The Morgan fingerprint density at radius 1 is 1.14 bits per heavy atom. The number of anilines is 1. The first-order valence-electron chi connectivity index (χ1n) is 7.18. The summed E-state index contributed by atoms with van der Waals surface area (Å²) in [5.74, 6) is 0.543. The molecule has 0 spiro atoms. The lowest BCUT2D eigenvalue weighted by atomic mass is 10.1. The predicted molar refractivity (Wildman–Crippen MR) is 90.8 cm³/mol. The van der Waals surface area contributed by atoms with Crippen molar-refractivity contribution in [2.24, 2.45) is 0 Å². The lowest BCUT2D eigenvalue weighted by Crippen LogP contribution is -2.30. The number of rotatable bonds is 4. The molecule has 1 unspecified atom stereocenters. The Kier molecular flexibility index (Phi) is 5.09. The van der Waals surface area contributed by atoms with E-state index in [1.165, 1.54) is 0 Å². The van der Waals surface area contributed by atoms with Crippen molar-refractivity contribution in [1.29, 1.82) is 0 Å². The maximum absolute atomic E-state index is 12.3. The predicted octanol–water partition coefficient (Wildman–Crippen LogP) is 4.67. The molecule has 0 heterocycles. The number of nitrogens with one attached hydrogen (secondary N) is 1. The summed E-state index contributed by atoms with van der Waals surface area (Å²) in [6.07, 6.45) is -0.587. The van der Waals surface area contributed by atoms with Crippen LogP contribution in [0.5, 0.6) is 5.75 Å². The van der Waals surface area contributed by atoms with Crippen molar-refractivity contribution >= 4 is 23.2 Å². The molecule has 0 aliphatic rings. The number of benzene rings is 2. The zero-order valence-electron chi connectivity index (χ0n) is 13.2. The van der Waals surface area contributed by atoms with Crippen LogP contribution in [0.3, 0.4) is 0 Å². The van der Waals surface area contributed by atoms with Crippen molar-refractivity contribution in [3.05, 3.63) is 58.1 Å². The normalized spacial score (nSPS) is 11.9. The molecule has 0 radical (unpaired) electrons. The molecule has 116 valence electrons. The van der Waals surface area contributed by atoms with Gasteiger partial charge in [-0.05, 0) is 68.7 Å². The van der Waals surface area contributed by atoms with Crippen LogP contribution < -0.4 is 10.1 Å². The summed E-state index contributed by atoms with van der Waals surface area (Å²) in [5.41, 5.74) is 3.84. The lowest BCUT2D eigenvalue weighted by molar-refractivity contribution is -0.122. The van der Waals surface area contributed by atoms with Gasteiger partial charge >= 0.3 is 0 Å². The first-order chi connectivity index (χ1) is 10.4. The van der Waals surface area contributed by atoms with E-state index < -0.39 is 6.10 Å². The van der Waals surface area contributed by atoms with E-state index >= 15 is 0 Å². The highest BCUT2D eigenvalue weighted by molar-refractivity contribution is 6.30. The van der Waals surface area contributed by atoms with Gasteiger partial charge < -0.3 is 10.1 Å². The Labute approximate surface area is 136 Å². The van der Waals surface area contributed by atoms with E-state index in [0.717, 1.165) is 28.1 Å². The average Bonchev–Trinajstić information content (AvgIpc) is 2.46. The molecule has 0 saturated heterocycles. The second kappa shape index (κ2) is 6.84. The lowest BCUT2D eigenvalue weighted by Gasteiger charge is -2.18. The summed E-state index contributed by atoms with van der Waals surface area (Å²) in [6.45, 7) is 7.64. The van der Waals surface area contributed by atoms with Crippen LogP contribution in [-0.2, 0) is 4.79 Å². The first kappa shape index (κ1) is 16.4. The van der Waals surface area contributed by atoms with E-state index in [1.54, 1.807) is 19.1 Å². The average molecular weight is 318 g/mol. The summed E-state index contributed by atoms with van der Waals surface area (Å²) >= 11 is 5.92. The molecule has 4 heteroatoms. The molecule has 0 aliphatic carbocycles. The molecule has 2 aromatic rings. The summed E-state index contributed by atoms with van der Waals surface area (Å²) in [5, 5.41) is 3.52. The molecule has 22 heavy (non-hydrogen) atoms. The van der Waals surface area contributed by atoms with E-state index in [4.69, 9.17) is 16.3 Å². The molecule has 0 fully saturated rings. The number of ether oxygens (including phenoxy) is 1. The molecule has 1 amide bonds. The van der Waals surface area contributed by atoms with E-state index in [1.807, 2.05) is 45.0 Å². The van der Waals surface area contributed by atoms with E-state index in [9.17, 15) is 4.79 Å². The van der Waals surface area contributed by atoms with Crippen molar-refractivity contribution < 1.29 is 9.53 Å². The van der Waals surface area contributed by atoms with E-state index in [0.29, 0.717) is 5.02 Å². The topological polar surface area (TPSA) is 38.3 Å². The molecular weight excluding hydrogens is 298 g/mol. The Morgan fingerprint density at radius 2 is 1.86 bits per heavy atom.